The third kappa shape index (κ3) is 6.39. The number of allylic oxidation sites excluding steroid dienone is 3. The van der Waals surface area contributed by atoms with Gasteiger partial charge in [-0.1, -0.05) is 60.2 Å². The van der Waals surface area contributed by atoms with Crippen LogP contribution in [-0.2, 0) is 25.6 Å². The molecule has 0 saturated heterocycles. The van der Waals surface area contributed by atoms with Gasteiger partial charge in [0.05, 0.1) is 13.2 Å². The van der Waals surface area contributed by atoms with E-state index in [1.54, 1.807) is 14.0 Å². The Hall–Kier alpha value is -2.21. The summed E-state index contributed by atoms with van der Waals surface area (Å²) in [6.07, 6.45) is 5.36. The van der Waals surface area contributed by atoms with Crippen LogP contribution in [0.5, 0.6) is 0 Å². The van der Waals surface area contributed by atoms with Gasteiger partial charge < -0.3 is 19.3 Å². The van der Waals surface area contributed by atoms with Crippen molar-refractivity contribution >= 4 is 5.97 Å². The summed E-state index contributed by atoms with van der Waals surface area (Å²) in [5.74, 6) is -0.621. The topological polar surface area (TPSA) is 65.0 Å². The number of carboxylic acids is 1. The third-order valence-corrected chi connectivity index (χ3v) is 5.71. The van der Waals surface area contributed by atoms with Crippen LogP contribution in [0, 0.1) is 11.8 Å². The molecule has 0 unspecified atom stereocenters. The molecule has 0 bridgehead atoms. The Bertz CT molecular complexity index is 780. The van der Waals surface area contributed by atoms with E-state index >= 15 is 0 Å². The highest BCUT2D eigenvalue weighted by molar-refractivity contribution is 5.77. The highest BCUT2D eigenvalue weighted by atomic mass is 16.7. The predicted octanol–water partition coefficient (Wildman–Crippen LogP) is 5.14. The summed E-state index contributed by atoms with van der Waals surface area (Å²) in [6, 6.07) is 9.60. The lowest BCUT2D eigenvalue weighted by Gasteiger charge is -2.34. The second-order valence-corrected chi connectivity index (χ2v) is 8.13. The smallest absolute Gasteiger partial charge is 0.336 e. The summed E-state index contributed by atoms with van der Waals surface area (Å²) in [4.78, 5) is 12.0. The zero-order chi connectivity index (χ0) is 22.1. The largest absolute Gasteiger partial charge is 0.479 e. The minimum atomic E-state index is -1.32. The van der Waals surface area contributed by atoms with Crippen LogP contribution in [0.4, 0.5) is 0 Å². The van der Waals surface area contributed by atoms with Crippen molar-refractivity contribution in [1.29, 1.82) is 0 Å². The molecular formula is C25H34O5. The van der Waals surface area contributed by atoms with Gasteiger partial charge in [0, 0.05) is 19.4 Å². The van der Waals surface area contributed by atoms with E-state index in [9.17, 15) is 9.90 Å². The molecule has 0 spiro atoms. The molecule has 1 aromatic rings. The van der Waals surface area contributed by atoms with E-state index in [0.717, 1.165) is 28.7 Å². The normalized spacial score (nSPS) is 22.4. The Morgan fingerprint density at radius 2 is 2.03 bits per heavy atom. The molecule has 1 aromatic carbocycles. The molecule has 0 heterocycles. The Kier molecular flexibility index (Phi) is 9.03. The Morgan fingerprint density at radius 1 is 1.33 bits per heavy atom. The van der Waals surface area contributed by atoms with E-state index in [4.69, 9.17) is 14.2 Å². The number of carbonyl (C=O) groups is 1. The van der Waals surface area contributed by atoms with Crippen molar-refractivity contribution in [2.45, 2.75) is 45.8 Å². The van der Waals surface area contributed by atoms with Crippen LogP contribution in [0.3, 0.4) is 0 Å². The van der Waals surface area contributed by atoms with E-state index in [0.29, 0.717) is 6.61 Å². The Balaban J connectivity index is 2.22. The lowest BCUT2D eigenvalue weighted by atomic mass is 9.73. The minimum absolute atomic E-state index is 0.106. The van der Waals surface area contributed by atoms with Gasteiger partial charge in [0.2, 0.25) is 0 Å². The first-order valence-electron chi connectivity index (χ1n) is 10.3. The van der Waals surface area contributed by atoms with Crippen molar-refractivity contribution in [2.75, 3.05) is 20.5 Å². The summed E-state index contributed by atoms with van der Waals surface area (Å²) >= 11 is 0. The number of hydrogen-bond donors (Lipinski definition) is 1. The van der Waals surface area contributed by atoms with Gasteiger partial charge in [0.15, 0.2) is 5.60 Å². The molecule has 5 heteroatoms. The lowest BCUT2D eigenvalue weighted by molar-refractivity contribution is -0.164. The number of ether oxygens (including phenoxy) is 3. The molecule has 0 radical (unpaired) electrons. The van der Waals surface area contributed by atoms with E-state index in [1.807, 2.05) is 43.3 Å². The molecule has 0 aromatic heterocycles. The number of aliphatic carboxylic acids is 1. The molecule has 5 nitrogen and oxygen atoms in total. The summed E-state index contributed by atoms with van der Waals surface area (Å²) in [7, 11) is 1.60. The maximum absolute atomic E-state index is 12.0. The number of rotatable bonds is 11. The van der Waals surface area contributed by atoms with Crippen molar-refractivity contribution in [1.82, 2.24) is 0 Å². The fraction of sp³-hybridized carbons (Fsp3) is 0.480. The number of benzene rings is 1. The Labute approximate surface area is 180 Å². The van der Waals surface area contributed by atoms with Crippen LogP contribution in [-0.4, -0.2) is 37.2 Å². The number of hydrogen-bond acceptors (Lipinski definition) is 4. The first-order chi connectivity index (χ1) is 14.3. The van der Waals surface area contributed by atoms with Gasteiger partial charge in [-0.3, -0.25) is 0 Å². The minimum Gasteiger partial charge on any atom is -0.479 e. The van der Waals surface area contributed by atoms with Crippen LogP contribution >= 0.6 is 0 Å². The summed E-state index contributed by atoms with van der Waals surface area (Å²) in [5.41, 5.74) is 2.96. The predicted molar refractivity (Wildman–Crippen MR) is 118 cm³/mol. The van der Waals surface area contributed by atoms with Crippen LogP contribution in [0.15, 0.2) is 65.8 Å². The molecule has 0 amide bonds. The quantitative estimate of drug-likeness (QED) is 0.308. The fourth-order valence-electron chi connectivity index (χ4n) is 3.75. The zero-order valence-electron chi connectivity index (χ0n) is 18.5. The Morgan fingerprint density at radius 3 is 2.63 bits per heavy atom. The number of methoxy groups -OCH3 is 1. The molecule has 0 fully saturated rings. The van der Waals surface area contributed by atoms with Gasteiger partial charge in [0.1, 0.15) is 6.79 Å². The van der Waals surface area contributed by atoms with E-state index < -0.39 is 11.6 Å². The van der Waals surface area contributed by atoms with Crippen molar-refractivity contribution in [2.24, 2.45) is 11.8 Å². The van der Waals surface area contributed by atoms with Crippen LogP contribution < -0.4 is 0 Å². The molecule has 2 rings (SSSR count). The van der Waals surface area contributed by atoms with Crippen molar-refractivity contribution in [3.05, 3.63) is 71.3 Å². The molecular weight excluding hydrogens is 380 g/mol. The van der Waals surface area contributed by atoms with Gasteiger partial charge in [-0.25, -0.2) is 4.79 Å². The standard InChI is InChI=1S/C25H34O5/c1-18(2)21-12-11-19(3)22(23(21)16-29-17-28-5)13-14-25(4,24(26)27)30-15-20-9-7-6-8-10-20/h6-11,13,21,23H,1,12,14-17H2,2-5H3,(H,26,27)/b22-13-/t21-,23-,25+/m1/s1. The summed E-state index contributed by atoms with van der Waals surface area (Å²) in [5, 5.41) is 9.86. The summed E-state index contributed by atoms with van der Waals surface area (Å²) < 4.78 is 16.6. The van der Waals surface area contributed by atoms with Gasteiger partial charge in [-0.05, 0) is 44.2 Å². The highest BCUT2D eigenvalue weighted by Gasteiger charge is 2.35. The van der Waals surface area contributed by atoms with Gasteiger partial charge in [-0.2, -0.15) is 0 Å². The number of carboxylic acid groups (broad SMARTS) is 1. The van der Waals surface area contributed by atoms with Crippen molar-refractivity contribution < 1.29 is 24.1 Å². The summed E-state index contributed by atoms with van der Waals surface area (Å²) in [6.45, 7) is 10.8. The van der Waals surface area contributed by atoms with Crippen molar-refractivity contribution in [3.8, 4) is 0 Å². The molecule has 3 atom stereocenters. The average Bonchev–Trinajstić information content (AvgIpc) is 2.72. The lowest BCUT2D eigenvalue weighted by Crippen LogP contribution is -2.38. The van der Waals surface area contributed by atoms with Crippen LogP contribution in [0.2, 0.25) is 0 Å². The molecule has 0 aliphatic heterocycles. The maximum Gasteiger partial charge on any atom is 0.336 e. The van der Waals surface area contributed by atoms with Gasteiger partial charge in [-0.15, -0.1) is 0 Å². The van der Waals surface area contributed by atoms with Gasteiger partial charge >= 0.3 is 5.97 Å². The molecule has 1 N–H and O–H groups in total. The SMILES string of the molecule is C=C(C)[C@H]1CC=C(C)/C(=C/C[C@](C)(OCc2ccccc2)C(=O)O)[C@@H]1COCOC. The second kappa shape index (κ2) is 11.3. The van der Waals surface area contributed by atoms with E-state index in [-0.39, 0.29) is 31.7 Å². The first kappa shape index (κ1) is 24.1. The fourth-order valence-corrected chi connectivity index (χ4v) is 3.75. The van der Waals surface area contributed by atoms with E-state index in [2.05, 4.69) is 19.6 Å². The average molecular weight is 415 g/mol. The molecule has 1 aliphatic carbocycles. The third-order valence-electron chi connectivity index (χ3n) is 5.71. The highest BCUT2D eigenvalue weighted by Crippen LogP contribution is 2.39. The molecule has 0 saturated carbocycles. The van der Waals surface area contributed by atoms with Gasteiger partial charge in [0.25, 0.3) is 0 Å². The maximum atomic E-state index is 12.0. The van der Waals surface area contributed by atoms with E-state index in [1.165, 1.54) is 0 Å². The zero-order valence-corrected chi connectivity index (χ0v) is 18.5. The molecule has 164 valence electrons. The van der Waals surface area contributed by atoms with Crippen molar-refractivity contribution in [3.63, 3.8) is 0 Å². The van der Waals surface area contributed by atoms with Crippen LogP contribution in [0.25, 0.3) is 0 Å². The monoisotopic (exact) mass is 414 g/mol. The first-order valence-corrected chi connectivity index (χ1v) is 10.3. The van der Waals surface area contributed by atoms with Crippen LogP contribution in [0.1, 0.15) is 39.2 Å². The second-order valence-electron chi connectivity index (χ2n) is 8.13. The molecule has 1 aliphatic rings. The molecule has 30 heavy (non-hydrogen) atoms.